The summed E-state index contributed by atoms with van der Waals surface area (Å²) in [6.45, 7) is 8.45. The van der Waals surface area contributed by atoms with Gasteiger partial charge in [0.1, 0.15) is 5.75 Å². The van der Waals surface area contributed by atoms with Crippen molar-refractivity contribution in [3.8, 4) is 5.75 Å². The van der Waals surface area contributed by atoms with Crippen LogP contribution in [0.25, 0.3) is 0 Å². The molecule has 3 nitrogen and oxygen atoms in total. The van der Waals surface area contributed by atoms with Crippen LogP contribution in [0.4, 0.5) is 0 Å². The summed E-state index contributed by atoms with van der Waals surface area (Å²) in [7, 11) is 1.37. The van der Waals surface area contributed by atoms with E-state index in [1.807, 2.05) is 27.7 Å². The first kappa shape index (κ1) is 14.5. The number of ether oxygens (including phenoxy) is 2. The van der Waals surface area contributed by atoms with Crippen LogP contribution in [-0.2, 0) is 4.74 Å². The number of hydrogen-bond acceptors (Lipinski definition) is 3. The predicted molar refractivity (Wildman–Crippen MR) is 65.0 cm³/mol. The summed E-state index contributed by atoms with van der Waals surface area (Å²) < 4.78 is 9.96. The Morgan fingerprint density at radius 2 is 1.94 bits per heavy atom. The van der Waals surface area contributed by atoms with Crippen LogP contribution < -0.4 is 4.74 Å². The van der Waals surface area contributed by atoms with E-state index in [-0.39, 0.29) is 5.97 Å². The van der Waals surface area contributed by atoms with Crippen molar-refractivity contribution in [1.29, 1.82) is 0 Å². The van der Waals surface area contributed by atoms with Gasteiger partial charge >= 0.3 is 5.97 Å². The molecule has 0 atom stereocenters. The topological polar surface area (TPSA) is 35.5 Å². The summed E-state index contributed by atoms with van der Waals surface area (Å²) in [5.41, 5.74) is 1.49. The Kier molecular flexibility index (Phi) is 7.01. The Morgan fingerprint density at radius 1 is 1.31 bits per heavy atom. The van der Waals surface area contributed by atoms with Crippen molar-refractivity contribution in [1.82, 2.24) is 0 Å². The van der Waals surface area contributed by atoms with Crippen molar-refractivity contribution in [2.45, 2.75) is 27.7 Å². The van der Waals surface area contributed by atoms with Crippen molar-refractivity contribution in [2.75, 3.05) is 13.7 Å². The second-order valence-corrected chi connectivity index (χ2v) is 2.90. The molecule has 0 aliphatic heterocycles. The lowest BCUT2D eigenvalue weighted by atomic mass is 10.1. The van der Waals surface area contributed by atoms with Crippen molar-refractivity contribution in [3.63, 3.8) is 0 Å². The van der Waals surface area contributed by atoms with Crippen LogP contribution in [0.1, 0.15) is 36.7 Å². The highest BCUT2D eigenvalue weighted by Gasteiger charge is 2.07. The normalized spacial score (nSPS) is 8.81. The molecule has 0 saturated heterocycles. The Balaban J connectivity index is 0.00000106. The lowest BCUT2D eigenvalue weighted by Gasteiger charge is -2.07. The van der Waals surface area contributed by atoms with Crippen LogP contribution in [-0.4, -0.2) is 19.7 Å². The first-order chi connectivity index (χ1) is 7.69. The van der Waals surface area contributed by atoms with E-state index < -0.39 is 0 Å². The summed E-state index contributed by atoms with van der Waals surface area (Å²) >= 11 is 0. The van der Waals surface area contributed by atoms with Gasteiger partial charge < -0.3 is 9.47 Å². The summed E-state index contributed by atoms with van der Waals surface area (Å²) in [4.78, 5) is 11.2. The molecule has 0 radical (unpaired) electrons. The molecule has 1 aromatic carbocycles. The third kappa shape index (κ3) is 3.93. The average Bonchev–Trinajstić information content (AvgIpc) is 2.33. The second-order valence-electron chi connectivity index (χ2n) is 2.90. The molecule has 16 heavy (non-hydrogen) atoms. The number of carbonyl (C=O) groups excluding carboxylic acids is 1. The molecule has 3 heteroatoms. The average molecular weight is 224 g/mol. The van der Waals surface area contributed by atoms with E-state index in [2.05, 4.69) is 4.74 Å². The largest absolute Gasteiger partial charge is 0.494 e. The Morgan fingerprint density at radius 3 is 2.38 bits per heavy atom. The molecule has 90 valence electrons. The third-order valence-corrected chi connectivity index (χ3v) is 1.90. The van der Waals surface area contributed by atoms with Crippen LogP contribution in [0.15, 0.2) is 18.2 Å². The SMILES string of the molecule is CC.CCOc1ccc(C(=O)OC)cc1C. The number of rotatable bonds is 3. The van der Waals surface area contributed by atoms with E-state index >= 15 is 0 Å². The van der Waals surface area contributed by atoms with Gasteiger partial charge in [0, 0.05) is 0 Å². The number of methoxy groups -OCH3 is 1. The molecule has 0 fully saturated rings. The summed E-state index contributed by atoms with van der Waals surface area (Å²) in [6, 6.07) is 5.24. The first-order valence-corrected chi connectivity index (χ1v) is 5.50. The van der Waals surface area contributed by atoms with Crippen LogP contribution in [0, 0.1) is 6.92 Å². The minimum atomic E-state index is -0.323. The zero-order valence-electron chi connectivity index (χ0n) is 10.7. The standard InChI is InChI=1S/C11H14O3.C2H6/c1-4-14-10-6-5-9(7-8(10)2)11(12)13-3;1-2/h5-7H,4H2,1-3H3;1-2H3. The predicted octanol–water partition coefficient (Wildman–Crippen LogP) is 3.21. The molecule has 0 unspecified atom stereocenters. The Labute approximate surface area is 97.4 Å². The van der Waals surface area contributed by atoms with E-state index in [0.29, 0.717) is 12.2 Å². The van der Waals surface area contributed by atoms with Crippen molar-refractivity contribution in [2.24, 2.45) is 0 Å². The molecule has 0 amide bonds. The quantitative estimate of drug-likeness (QED) is 0.739. The minimum Gasteiger partial charge on any atom is -0.494 e. The molecule has 0 N–H and O–H groups in total. The van der Waals surface area contributed by atoms with Gasteiger partial charge in [-0.3, -0.25) is 0 Å². The van der Waals surface area contributed by atoms with Crippen LogP contribution >= 0.6 is 0 Å². The zero-order valence-corrected chi connectivity index (χ0v) is 10.7. The third-order valence-electron chi connectivity index (χ3n) is 1.90. The molecular weight excluding hydrogens is 204 g/mol. The molecule has 1 rings (SSSR count). The highest BCUT2D eigenvalue weighted by atomic mass is 16.5. The van der Waals surface area contributed by atoms with Gasteiger partial charge in [-0.25, -0.2) is 4.79 Å². The van der Waals surface area contributed by atoms with Crippen LogP contribution in [0.5, 0.6) is 5.75 Å². The van der Waals surface area contributed by atoms with Crippen molar-refractivity contribution in [3.05, 3.63) is 29.3 Å². The number of hydrogen-bond donors (Lipinski definition) is 0. The van der Waals surface area contributed by atoms with E-state index in [4.69, 9.17) is 4.74 Å². The van der Waals surface area contributed by atoms with E-state index in [1.54, 1.807) is 18.2 Å². The monoisotopic (exact) mass is 224 g/mol. The van der Waals surface area contributed by atoms with Gasteiger partial charge in [-0.1, -0.05) is 13.8 Å². The van der Waals surface area contributed by atoms with Crippen LogP contribution in [0.3, 0.4) is 0 Å². The van der Waals surface area contributed by atoms with Gasteiger partial charge in [0.15, 0.2) is 0 Å². The summed E-state index contributed by atoms with van der Waals surface area (Å²) in [5, 5.41) is 0. The molecule has 0 aliphatic rings. The van der Waals surface area contributed by atoms with Crippen molar-refractivity contribution < 1.29 is 14.3 Å². The lowest BCUT2D eigenvalue weighted by molar-refractivity contribution is 0.0600. The highest BCUT2D eigenvalue weighted by Crippen LogP contribution is 2.19. The zero-order chi connectivity index (χ0) is 12.6. The fraction of sp³-hybridized carbons (Fsp3) is 0.462. The van der Waals surface area contributed by atoms with Gasteiger partial charge in [-0.15, -0.1) is 0 Å². The van der Waals surface area contributed by atoms with Crippen LogP contribution in [0.2, 0.25) is 0 Å². The lowest BCUT2D eigenvalue weighted by Crippen LogP contribution is -2.02. The first-order valence-electron chi connectivity index (χ1n) is 5.50. The van der Waals surface area contributed by atoms with E-state index in [0.717, 1.165) is 11.3 Å². The second kappa shape index (κ2) is 7.74. The Bertz CT molecular complexity index is 332. The van der Waals surface area contributed by atoms with Gasteiger partial charge in [0.25, 0.3) is 0 Å². The van der Waals surface area contributed by atoms with Gasteiger partial charge in [0.05, 0.1) is 19.3 Å². The summed E-state index contributed by atoms with van der Waals surface area (Å²) in [6.07, 6.45) is 0. The van der Waals surface area contributed by atoms with Crippen molar-refractivity contribution >= 4 is 5.97 Å². The van der Waals surface area contributed by atoms with E-state index in [9.17, 15) is 4.79 Å². The van der Waals surface area contributed by atoms with Gasteiger partial charge in [0.2, 0.25) is 0 Å². The minimum absolute atomic E-state index is 0.323. The Hall–Kier alpha value is -1.51. The molecule has 0 aliphatic carbocycles. The molecular formula is C13H20O3. The molecule has 0 aromatic heterocycles. The maximum Gasteiger partial charge on any atom is 0.337 e. The number of carbonyl (C=O) groups is 1. The summed E-state index contributed by atoms with van der Waals surface area (Å²) in [5.74, 6) is 0.483. The maximum atomic E-state index is 11.2. The number of esters is 1. The molecule has 0 bridgehead atoms. The smallest absolute Gasteiger partial charge is 0.337 e. The fourth-order valence-corrected chi connectivity index (χ4v) is 1.21. The molecule has 0 heterocycles. The molecule has 0 saturated carbocycles. The molecule has 0 spiro atoms. The number of aryl methyl sites for hydroxylation is 1. The fourth-order valence-electron chi connectivity index (χ4n) is 1.21. The highest BCUT2D eigenvalue weighted by molar-refractivity contribution is 5.89. The van der Waals surface area contributed by atoms with E-state index in [1.165, 1.54) is 7.11 Å². The van der Waals surface area contributed by atoms with Gasteiger partial charge in [-0.2, -0.15) is 0 Å². The molecule has 1 aromatic rings. The van der Waals surface area contributed by atoms with Gasteiger partial charge in [-0.05, 0) is 37.6 Å². The number of benzene rings is 1. The maximum absolute atomic E-state index is 11.2.